The molecule has 2 aromatic carbocycles. The van der Waals surface area contributed by atoms with E-state index in [1.54, 1.807) is 19.9 Å². The van der Waals surface area contributed by atoms with Crippen LogP contribution in [-0.2, 0) is 28.3 Å². The Morgan fingerprint density at radius 3 is 2.00 bits per heavy atom. The molecule has 0 saturated heterocycles. The van der Waals surface area contributed by atoms with Gasteiger partial charge < -0.3 is 19.5 Å². The summed E-state index contributed by atoms with van der Waals surface area (Å²) in [5, 5.41) is 2.67. The molecule has 1 heterocycles. The van der Waals surface area contributed by atoms with Crippen LogP contribution in [0.25, 0.3) is 0 Å². The molecule has 3 rings (SSSR count). The maximum atomic E-state index is 13.2. The Hall–Kier alpha value is -3.64. The lowest BCUT2D eigenvalue weighted by Gasteiger charge is -2.39. The topological polar surface area (TPSA) is 77.1 Å². The number of ether oxygens (including phenoxy) is 3. The summed E-state index contributed by atoms with van der Waals surface area (Å²) in [6.45, 7) is 3.46. The molecule has 0 radical (unpaired) electrons. The van der Waals surface area contributed by atoms with Crippen LogP contribution in [0.2, 0.25) is 0 Å². The normalized spacial score (nSPS) is 17.5. The Bertz CT molecular complexity index is 1170. The summed E-state index contributed by atoms with van der Waals surface area (Å²) in [5.41, 5.74) is -2.68. The fraction of sp³-hybridized carbons (Fsp3) is 0.440. The standard InChI is InChI=1S/C25H26F6N2O5/c1-5-38-23(35)33-13(2)6-18(17-11-20(36-3)21(37-4)12-19(17)33)32-22(34)9-14-7-15(24(26,27)28)10-16(8-14)25(29,30)31/h7-8,10-13,18H,5-6,9H2,1-4H3,(H,32,34)/t13-,18+/m0/s1. The number of anilines is 1. The number of rotatable bonds is 6. The number of amides is 2. The molecule has 13 heteroatoms. The van der Waals surface area contributed by atoms with E-state index in [2.05, 4.69) is 5.32 Å². The smallest absolute Gasteiger partial charge is 0.416 e. The molecule has 0 bridgehead atoms. The van der Waals surface area contributed by atoms with Crippen molar-refractivity contribution in [2.45, 2.75) is 51.1 Å². The predicted octanol–water partition coefficient (Wildman–Crippen LogP) is 5.90. The predicted molar refractivity (Wildman–Crippen MR) is 124 cm³/mol. The van der Waals surface area contributed by atoms with E-state index in [1.165, 1.54) is 25.2 Å². The second kappa shape index (κ2) is 11.0. The molecule has 0 aromatic heterocycles. The lowest BCUT2D eigenvalue weighted by Crippen LogP contribution is -2.46. The summed E-state index contributed by atoms with van der Waals surface area (Å²) >= 11 is 0. The van der Waals surface area contributed by atoms with Gasteiger partial charge in [0.05, 0.1) is 50.1 Å². The van der Waals surface area contributed by atoms with Crippen LogP contribution < -0.4 is 19.7 Å². The monoisotopic (exact) mass is 548 g/mol. The second-order valence-corrected chi connectivity index (χ2v) is 8.63. The number of alkyl halides is 6. The number of halogens is 6. The molecule has 0 aliphatic carbocycles. The number of benzene rings is 2. The van der Waals surface area contributed by atoms with Gasteiger partial charge in [0.15, 0.2) is 11.5 Å². The number of methoxy groups -OCH3 is 2. The summed E-state index contributed by atoms with van der Waals surface area (Å²) in [5.74, 6) is -0.222. The molecule has 2 amide bonds. The number of fused-ring (bicyclic) bond motifs is 1. The fourth-order valence-corrected chi connectivity index (χ4v) is 4.34. The third kappa shape index (κ3) is 6.25. The van der Waals surface area contributed by atoms with Crippen LogP contribution >= 0.6 is 0 Å². The van der Waals surface area contributed by atoms with E-state index in [1.807, 2.05) is 0 Å². The first kappa shape index (κ1) is 28.9. The average molecular weight is 548 g/mol. The van der Waals surface area contributed by atoms with Gasteiger partial charge in [-0.25, -0.2) is 4.79 Å². The van der Waals surface area contributed by atoms with Gasteiger partial charge in [-0.2, -0.15) is 26.3 Å². The van der Waals surface area contributed by atoms with Crippen molar-refractivity contribution < 1.29 is 50.1 Å². The van der Waals surface area contributed by atoms with E-state index in [0.29, 0.717) is 29.1 Å². The molecular formula is C25H26F6N2O5. The summed E-state index contributed by atoms with van der Waals surface area (Å²) in [6, 6.07) is 2.88. The van der Waals surface area contributed by atoms with E-state index in [4.69, 9.17) is 14.2 Å². The minimum atomic E-state index is -5.03. The van der Waals surface area contributed by atoms with E-state index in [-0.39, 0.29) is 24.8 Å². The zero-order valence-corrected chi connectivity index (χ0v) is 20.9. The van der Waals surface area contributed by atoms with Gasteiger partial charge in [-0.1, -0.05) is 0 Å². The Balaban J connectivity index is 1.96. The Kier molecular flexibility index (Phi) is 8.37. The Morgan fingerprint density at radius 2 is 1.50 bits per heavy atom. The largest absolute Gasteiger partial charge is 0.493 e. The minimum absolute atomic E-state index is 0.00407. The highest BCUT2D eigenvalue weighted by molar-refractivity contribution is 5.91. The molecule has 2 aromatic rings. The SMILES string of the molecule is CCOC(=O)N1c2cc(OC)c(OC)cc2[C@H](NC(=O)Cc2cc(C(F)(F)F)cc(C(F)(F)F)c2)C[C@@H]1C. The number of hydrogen-bond donors (Lipinski definition) is 1. The summed E-state index contributed by atoms with van der Waals surface area (Å²) in [4.78, 5) is 26.9. The van der Waals surface area contributed by atoms with Crippen molar-refractivity contribution in [1.82, 2.24) is 5.32 Å². The van der Waals surface area contributed by atoms with Gasteiger partial charge in [-0.3, -0.25) is 9.69 Å². The summed E-state index contributed by atoms with van der Waals surface area (Å²) in [6.07, 6.45) is -11.2. The van der Waals surface area contributed by atoms with Crippen LogP contribution in [0.3, 0.4) is 0 Å². The highest BCUT2D eigenvalue weighted by Gasteiger charge is 2.38. The van der Waals surface area contributed by atoms with Crippen molar-refractivity contribution in [2.24, 2.45) is 0 Å². The molecule has 38 heavy (non-hydrogen) atoms. The third-order valence-corrected chi connectivity index (χ3v) is 6.00. The number of carbonyl (C=O) groups excluding carboxylic acids is 2. The first-order valence-corrected chi connectivity index (χ1v) is 11.5. The van der Waals surface area contributed by atoms with Crippen LogP contribution in [0.15, 0.2) is 30.3 Å². The molecule has 0 fully saturated rings. The van der Waals surface area contributed by atoms with Crippen molar-refractivity contribution in [2.75, 3.05) is 25.7 Å². The highest BCUT2D eigenvalue weighted by Crippen LogP contribution is 2.44. The van der Waals surface area contributed by atoms with Crippen LogP contribution in [0.4, 0.5) is 36.8 Å². The number of nitrogens with zero attached hydrogens (tertiary/aromatic N) is 1. The Morgan fingerprint density at radius 1 is 0.947 bits per heavy atom. The van der Waals surface area contributed by atoms with Crippen LogP contribution in [0, 0.1) is 0 Å². The molecule has 208 valence electrons. The lowest BCUT2D eigenvalue weighted by atomic mass is 9.91. The zero-order chi connectivity index (χ0) is 28.4. The zero-order valence-electron chi connectivity index (χ0n) is 20.9. The van der Waals surface area contributed by atoms with E-state index in [9.17, 15) is 35.9 Å². The van der Waals surface area contributed by atoms with E-state index >= 15 is 0 Å². The molecular weight excluding hydrogens is 522 g/mol. The molecule has 7 nitrogen and oxygen atoms in total. The van der Waals surface area contributed by atoms with Crippen molar-refractivity contribution in [3.63, 3.8) is 0 Å². The van der Waals surface area contributed by atoms with Crippen molar-refractivity contribution in [1.29, 1.82) is 0 Å². The van der Waals surface area contributed by atoms with Gasteiger partial charge in [0.1, 0.15) is 0 Å². The number of nitrogens with one attached hydrogen (secondary N) is 1. The maximum absolute atomic E-state index is 13.2. The van der Waals surface area contributed by atoms with Gasteiger partial charge in [0, 0.05) is 17.7 Å². The number of carbonyl (C=O) groups is 2. The molecule has 0 saturated carbocycles. The van der Waals surface area contributed by atoms with Crippen LogP contribution in [-0.4, -0.2) is 38.9 Å². The Labute approximate surface area is 214 Å². The molecule has 0 spiro atoms. The van der Waals surface area contributed by atoms with E-state index in [0.717, 1.165) is 0 Å². The van der Waals surface area contributed by atoms with Gasteiger partial charge in [-0.15, -0.1) is 0 Å². The molecule has 0 unspecified atom stereocenters. The van der Waals surface area contributed by atoms with Gasteiger partial charge in [0.25, 0.3) is 0 Å². The quantitative estimate of drug-likeness (QED) is 0.456. The molecule has 2 atom stereocenters. The van der Waals surface area contributed by atoms with Crippen LogP contribution in [0.1, 0.15) is 48.6 Å². The van der Waals surface area contributed by atoms with Gasteiger partial charge in [0.2, 0.25) is 5.91 Å². The summed E-state index contributed by atoms with van der Waals surface area (Å²) in [7, 11) is 2.78. The van der Waals surface area contributed by atoms with E-state index < -0.39 is 59.5 Å². The molecule has 1 aliphatic rings. The number of hydrogen-bond acceptors (Lipinski definition) is 5. The lowest BCUT2D eigenvalue weighted by molar-refractivity contribution is -0.143. The summed E-state index contributed by atoms with van der Waals surface area (Å²) < 4.78 is 95.1. The first-order valence-electron chi connectivity index (χ1n) is 11.5. The van der Waals surface area contributed by atoms with Gasteiger partial charge in [-0.05, 0) is 50.1 Å². The highest BCUT2D eigenvalue weighted by atomic mass is 19.4. The van der Waals surface area contributed by atoms with Crippen LogP contribution in [0.5, 0.6) is 11.5 Å². The molecule has 1 N–H and O–H groups in total. The molecule has 1 aliphatic heterocycles. The van der Waals surface area contributed by atoms with Crippen molar-refractivity contribution >= 4 is 17.7 Å². The van der Waals surface area contributed by atoms with Crippen molar-refractivity contribution in [3.8, 4) is 11.5 Å². The minimum Gasteiger partial charge on any atom is -0.493 e. The van der Waals surface area contributed by atoms with Crippen molar-refractivity contribution in [3.05, 3.63) is 52.6 Å². The maximum Gasteiger partial charge on any atom is 0.416 e. The van der Waals surface area contributed by atoms with Gasteiger partial charge >= 0.3 is 18.4 Å². The first-order chi connectivity index (χ1) is 17.7. The second-order valence-electron chi connectivity index (χ2n) is 8.63. The fourth-order valence-electron chi connectivity index (χ4n) is 4.34. The third-order valence-electron chi connectivity index (χ3n) is 6.00. The average Bonchev–Trinajstić information content (AvgIpc) is 2.82.